The van der Waals surface area contributed by atoms with Gasteiger partial charge >= 0.3 is 0 Å². The first-order valence-electron chi connectivity index (χ1n) is 8.30. The third kappa shape index (κ3) is 3.54. The molecule has 0 aromatic heterocycles. The van der Waals surface area contributed by atoms with E-state index in [1.54, 1.807) is 0 Å². The zero-order chi connectivity index (χ0) is 17.3. The minimum atomic E-state index is 0.199. The zero-order valence-corrected chi connectivity index (χ0v) is 15.9. The van der Waals surface area contributed by atoms with Gasteiger partial charge in [-0.15, -0.1) is 0 Å². The molecule has 0 amide bonds. The summed E-state index contributed by atoms with van der Waals surface area (Å²) in [5.41, 5.74) is 6.07. The summed E-state index contributed by atoms with van der Waals surface area (Å²) in [6.45, 7) is 26.5. The van der Waals surface area contributed by atoms with Gasteiger partial charge in [-0.25, -0.2) is 0 Å². The SMILES string of the molecule is C=C/C=C1\C(=C(C)C)/C(=C\C=C)C(C(C)(C)C)C1C(C)(C)C. The second-order valence-corrected chi connectivity index (χ2v) is 8.78. The Balaban J connectivity index is 3.82. The predicted molar refractivity (Wildman–Crippen MR) is 101 cm³/mol. The normalized spacial score (nSPS) is 26.6. The van der Waals surface area contributed by atoms with Crippen LogP contribution < -0.4 is 0 Å². The molecule has 2 atom stereocenters. The summed E-state index contributed by atoms with van der Waals surface area (Å²) >= 11 is 0. The van der Waals surface area contributed by atoms with Crippen molar-refractivity contribution in [2.75, 3.05) is 0 Å². The molecule has 0 aliphatic heterocycles. The lowest BCUT2D eigenvalue weighted by atomic mass is 9.64. The lowest BCUT2D eigenvalue weighted by Crippen LogP contribution is -2.33. The molecule has 1 aliphatic rings. The third-order valence-electron chi connectivity index (χ3n) is 4.54. The molecule has 0 heteroatoms. The zero-order valence-electron chi connectivity index (χ0n) is 15.9. The molecular formula is C22H34. The van der Waals surface area contributed by atoms with Gasteiger partial charge in [0, 0.05) is 0 Å². The van der Waals surface area contributed by atoms with Gasteiger partial charge in [0.25, 0.3) is 0 Å². The molecule has 1 rings (SSSR count). The van der Waals surface area contributed by atoms with E-state index in [0.717, 1.165) is 0 Å². The number of rotatable bonds is 2. The van der Waals surface area contributed by atoms with Crippen LogP contribution >= 0.6 is 0 Å². The monoisotopic (exact) mass is 298 g/mol. The van der Waals surface area contributed by atoms with Crippen LogP contribution in [0.1, 0.15) is 55.4 Å². The van der Waals surface area contributed by atoms with Crippen LogP contribution in [0.15, 0.2) is 59.8 Å². The molecule has 0 N–H and O–H groups in total. The van der Waals surface area contributed by atoms with Crippen LogP contribution in [0.2, 0.25) is 0 Å². The molecule has 0 saturated heterocycles. The van der Waals surface area contributed by atoms with Crippen LogP contribution in [-0.2, 0) is 0 Å². The fraction of sp³-hybridized carbons (Fsp3) is 0.545. The molecular weight excluding hydrogens is 264 g/mol. The summed E-state index contributed by atoms with van der Waals surface area (Å²) in [5, 5.41) is 0. The molecule has 1 aliphatic carbocycles. The molecule has 0 heterocycles. The van der Waals surface area contributed by atoms with E-state index in [1.807, 2.05) is 12.2 Å². The minimum absolute atomic E-state index is 0.199. The standard InChI is InChI=1S/C22H34/c1-11-13-16-18(15(3)4)17(14-12-2)20(22(8,9)10)19(16)21(5,6)7/h11-14,19-20H,1-2H2,3-10H3/b16-13+,17-14+. The molecule has 0 bridgehead atoms. The molecule has 122 valence electrons. The Labute approximate surface area is 138 Å². The van der Waals surface area contributed by atoms with E-state index in [2.05, 4.69) is 80.7 Å². The summed E-state index contributed by atoms with van der Waals surface area (Å²) in [6.07, 6.45) is 8.32. The van der Waals surface area contributed by atoms with Gasteiger partial charge in [-0.05, 0) is 53.2 Å². The van der Waals surface area contributed by atoms with Crippen LogP contribution in [0.25, 0.3) is 0 Å². The van der Waals surface area contributed by atoms with E-state index >= 15 is 0 Å². The lowest BCUT2D eigenvalue weighted by molar-refractivity contribution is 0.143. The van der Waals surface area contributed by atoms with Crippen molar-refractivity contribution >= 4 is 0 Å². The maximum atomic E-state index is 3.95. The molecule has 0 aromatic carbocycles. The van der Waals surface area contributed by atoms with Crippen LogP contribution in [0.5, 0.6) is 0 Å². The van der Waals surface area contributed by atoms with Crippen molar-refractivity contribution in [3.8, 4) is 0 Å². The van der Waals surface area contributed by atoms with E-state index in [0.29, 0.717) is 11.8 Å². The van der Waals surface area contributed by atoms with Crippen molar-refractivity contribution in [3.63, 3.8) is 0 Å². The third-order valence-corrected chi connectivity index (χ3v) is 4.54. The average molecular weight is 299 g/mol. The highest BCUT2D eigenvalue weighted by atomic mass is 14.5. The van der Waals surface area contributed by atoms with Gasteiger partial charge in [0.1, 0.15) is 0 Å². The summed E-state index contributed by atoms with van der Waals surface area (Å²) in [7, 11) is 0. The molecule has 0 nitrogen and oxygen atoms in total. The van der Waals surface area contributed by atoms with E-state index < -0.39 is 0 Å². The van der Waals surface area contributed by atoms with E-state index in [-0.39, 0.29) is 10.8 Å². The molecule has 0 spiro atoms. The Hall–Kier alpha value is -1.30. The first-order valence-corrected chi connectivity index (χ1v) is 8.30. The summed E-state index contributed by atoms with van der Waals surface area (Å²) in [4.78, 5) is 0. The minimum Gasteiger partial charge on any atom is -0.0991 e. The van der Waals surface area contributed by atoms with E-state index in [4.69, 9.17) is 0 Å². The molecule has 1 saturated carbocycles. The van der Waals surface area contributed by atoms with Crippen LogP contribution in [0, 0.1) is 22.7 Å². The predicted octanol–water partition coefficient (Wildman–Crippen LogP) is 6.89. The van der Waals surface area contributed by atoms with Crippen molar-refractivity contribution < 1.29 is 0 Å². The van der Waals surface area contributed by atoms with Crippen LogP contribution in [0.4, 0.5) is 0 Å². The summed E-state index contributed by atoms with van der Waals surface area (Å²) in [6, 6.07) is 0. The molecule has 2 unspecified atom stereocenters. The van der Waals surface area contributed by atoms with Gasteiger partial charge in [-0.3, -0.25) is 0 Å². The Bertz CT molecular complexity index is 488. The topological polar surface area (TPSA) is 0 Å². The van der Waals surface area contributed by atoms with Gasteiger partial charge in [-0.2, -0.15) is 0 Å². The maximum absolute atomic E-state index is 3.95. The Morgan fingerprint density at radius 1 is 0.773 bits per heavy atom. The van der Waals surface area contributed by atoms with E-state index in [9.17, 15) is 0 Å². The molecule has 0 radical (unpaired) electrons. The highest BCUT2D eigenvalue weighted by molar-refractivity contribution is 5.60. The van der Waals surface area contributed by atoms with Crippen molar-refractivity contribution in [1.29, 1.82) is 0 Å². The highest BCUT2D eigenvalue weighted by Crippen LogP contribution is 2.58. The second kappa shape index (κ2) is 6.44. The van der Waals surface area contributed by atoms with Gasteiger partial charge in [-0.1, -0.05) is 84.6 Å². The maximum Gasteiger partial charge on any atom is -0.00331 e. The van der Waals surface area contributed by atoms with Crippen molar-refractivity contribution in [2.45, 2.75) is 55.4 Å². The Morgan fingerprint density at radius 2 is 1.09 bits per heavy atom. The smallest absolute Gasteiger partial charge is 0.00331 e. The fourth-order valence-electron chi connectivity index (χ4n) is 3.98. The Morgan fingerprint density at radius 3 is 1.27 bits per heavy atom. The quantitative estimate of drug-likeness (QED) is 0.521. The van der Waals surface area contributed by atoms with Gasteiger partial charge in [0.05, 0.1) is 0 Å². The Kier molecular flexibility index (Phi) is 5.49. The van der Waals surface area contributed by atoms with Crippen LogP contribution in [0.3, 0.4) is 0 Å². The van der Waals surface area contributed by atoms with E-state index in [1.165, 1.54) is 22.3 Å². The van der Waals surface area contributed by atoms with Crippen molar-refractivity contribution in [1.82, 2.24) is 0 Å². The number of allylic oxidation sites excluding steroid dienone is 8. The fourth-order valence-corrected chi connectivity index (χ4v) is 3.98. The van der Waals surface area contributed by atoms with Gasteiger partial charge in [0.15, 0.2) is 0 Å². The molecule has 22 heavy (non-hydrogen) atoms. The summed E-state index contributed by atoms with van der Waals surface area (Å²) < 4.78 is 0. The highest BCUT2D eigenvalue weighted by Gasteiger charge is 2.49. The van der Waals surface area contributed by atoms with Crippen molar-refractivity contribution in [3.05, 3.63) is 59.8 Å². The largest absolute Gasteiger partial charge is 0.0991 e. The second-order valence-electron chi connectivity index (χ2n) is 8.78. The first kappa shape index (κ1) is 18.7. The lowest BCUT2D eigenvalue weighted by Gasteiger charge is -2.40. The van der Waals surface area contributed by atoms with Crippen molar-refractivity contribution in [2.24, 2.45) is 22.7 Å². The van der Waals surface area contributed by atoms with Crippen LogP contribution in [-0.4, -0.2) is 0 Å². The summed E-state index contributed by atoms with van der Waals surface area (Å²) in [5.74, 6) is 0.975. The van der Waals surface area contributed by atoms with Gasteiger partial charge in [0.2, 0.25) is 0 Å². The average Bonchev–Trinajstić information content (AvgIpc) is 2.64. The first-order chi connectivity index (χ1) is 9.96. The number of hydrogen-bond acceptors (Lipinski definition) is 0. The number of hydrogen-bond donors (Lipinski definition) is 0. The molecule has 1 fully saturated rings. The van der Waals surface area contributed by atoms with Gasteiger partial charge < -0.3 is 0 Å². The molecule has 0 aromatic rings.